The summed E-state index contributed by atoms with van der Waals surface area (Å²) in [5.41, 5.74) is 1.80. The predicted octanol–water partition coefficient (Wildman–Crippen LogP) is 4.66. The van der Waals surface area contributed by atoms with Crippen molar-refractivity contribution in [1.82, 2.24) is 10.3 Å². The zero-order chi connectivity index (χ0) is 14.8. The summed E-state index contributed by atoms with van der Waals surface area (Å²) in [7, 11) is 0. The van der Waals surface area contributed by atoms with Crippen molar-refractivity contribution in [3.05, 3.63) is 34.6 Å². The average Bonchev–Trinajstić information content (AvgIpc) is 2.91. The van der Waals surface area contributed by atoms with Crippen LogP contribution in [0.5, 0.6) is 0 Å². The van der Waals surface area contributed by atoms with Gasteiger partial charge in [-0.1, -0.05) is 13.0 Å². The number of rotatable bonds is 4. The molecule has 1 aliphatic carbocycles. The highest BCUT2D eigenvalue weighted by molar-refractivity contribution is 7.98. The van der Waals surface area contributed by atoms with E-state index in [-0.39, 0.29) is 5.82 Å². The lowest BCUT2D eigenvalue weighted by Gasteiger charge is -2.21. The molecule has 1 aromatic heterocycles. The average molecular weight is 322 g/mol. The second kappa shape index (κ2) is 6.46. The van der Waals surface area contributed by atoms with Gasteiger partial charge in [-0.15, -0.1) is 23.1 Å². The Morgan fingerprint density at radius 1 is 1.48 bits per heavy atom. The van der Waals surface area contributed by atoms with Crippen LogP contribution in [0.25, 0.3) is 10.6 Å². The molecule has 0 spiro atoms. The summed E-state index contributed by atoms with van der Waals surface area (Å²) in [6.45, 7) is 3.05. The van der Waals surface area contributed by atoms with Crippen molar-refractivity contribution in [1.29, 1.82) is 0 Å². The van der Waals surface area contributed by atoms with E-state index in [1.165, 1.54) is 17.4 Å². The summed E-state index contributed by atoms with van der Waals surface area (Å²) >= 11 is 3.23. The second-order valence-corrected chi connectivity index (χ2v) is 7.08. The first-order valence-electron chi connectivity index (χ1n) is 7.30. The molecular formula is C16H19FN2S2. The zero-order valence-electron chi connectivity index (χ0n) is 12.3. The number of benzene rings is 1. The SMILES string of the molecule is CCNC1CCCc2sc(-c3c(F)cccc3SC)nc21. The number of halogens is 1. The molecule has 0 aliphatic heterocycles. The zero-order valence-corrected chi connectivity index (χ0v) is 13.9. The third kappa shape index (κ3) is 2.87. The third-order valence-electron chi connectivity index (χ3n) is 3.81. The fourth-order valence-electron chi connectivity index (χ4n) is 2.85. The lowest BCUT2D eigenvalue weighted by atomic mass is 9.97. The fourth-order valence-corrected chi connectivity index (χ4v) is 4.76. The lowest BCUT2D eigenvalue weighted by molar-refractivity contribution is 0.465. The number of fused-ring (bicyclic) bond motifs is 1. The van der Waals surface area contributed by atoms with Crippen LogP contribution < -0.4 is 5.32 Å². The minimum Gasteiger partial charge on any atom is -0.309 e. The van der Waals surface area contributed by atoms with Gasteiger partial charge in [-0.2, -0.15) is 0 Å². The van der Waals surface area contributed by atoms with E-state index in [1.54, 1.807) is 29.2 Å². The largest absolute Gasteiger partial charge is 0.309 e. The van der Waals surface area contributed by atoms with Gasteiger partial charge < -0.3 is 5.32 Å². The van der Waals surface area contributed by atoms with Gasteiger partial charge in [0.1, 0.15) is 10.8 Å². The Morgan fingerprint density at radius 3 is 3.10 bits per heavy atom. The molecule has 5 heteroatoms. The molecule has 0 amide bonds. The Hall–Kier alpha value is -0.910. The minimum atomic E-state index is -0.173. The summed E-state index contributed by atoms with van der Waals surface area (Å²) in [5, 5.41) is 4.32. The van der Waals surface area contributed by atoms with Crippen LogP contribution in [0.4, 0.5) is 4.39 Å². The molecule has 1 heterocycles. The van der Waals surface area contributed by atoms with Gasteiger partial charge in [0.2, 0.25) is 0 Å². The summed E-state index contributed by atoms with van der Waals surface area (Å²) in [6.07, 6.45) is 5.35. The van der Waals surface area contributed by atoms with Gasteiger partial charge in [0.15, 0.2) is 0 Å². The van der Waals surface area contributed by atoms with Crippen LogP contribution in [-0.4, -0.2) is 17.8 Å². The van der Waals surface area contributed by atoms with Gasteiger partial charge in [0.25, 0.3) is 0 Å². The van der Waals surface area contributed by atoms with Crippen LogP contribution in [0.2, 0.25) is 0 Å². The van der Waals surface area contributed by atoms with Crippen molar-refractivity contribution in [2.24, 2.45) is 0 Å². The van der Waals surface area contributed by atoms with Crippen LogP contribution in [0.1, 0.15) is 36.4 Å². The Labute approximate surface area is 133 Å². The second-order valence-electron chi connectivity index (χ2n) is 5.15. The van der Waals surface area contributed by atoms with Gasteiger partial charge in [0.05, 0.1) is 17.3 Å². The highest BCUT2D eigenvalue weighted by atomic mass is 32.2. The van der Waals surface area contributed by atoms with Gasteiger partial charge in [0, 0.05) is 9.77 Å². The van der Waals surface area contributed by atoms with E-state index in [1.807, 2.05) is 12.3 Å². The maximum absolute atomic E-state index is 14.3. The molecule has 1 aliphatic rings. The molecular weight excluding hydrogens is 303 g/mol. The van der Waals surface area contributed by atoms with Crippen molar-refractivity contribution in [2.75, 3.05) is 12.8 Å². The summed E-state index contributed by atoms with van der Waals surface area (Å²) < 4.78 is 14.3. The van der Waals surface area contributed by atoms with E-state index in [0.29, 0.717) is 11.6 Å². The van der Waals surface area contributed by atoms with E-state index in [9.17, 15) is 4.39 Å². The molecule has 2 aromatic rings. The molecule has 0 radical (unpaired) electrons. The van der Waals surface area contributed by atoms with Crippen molar-refractivity contribution in [3.63, 3.8) is 0 Å². The molecule has 3 rings (SSSR count). The predicted molar refractivity (Wildman–Crippen MR) is 88.6 cm³/mol. The monoisotopic (exact) mass is 322 g/mol. The van der Waals surface area contributed by atoms with Crippen LogP contribution in [0.3, 0.4) is 0 Å². The van der Waals surface area contributed by atoms with E-state index >= 15 is 0 Å². The number of thioether (sulfide) groups is 1. The normalized spacial score (nSPS) is 17.8. The Morgan fingerprint density at radius 2 is 2.33 bits per heavy atom. The van der Waals surface area contributed by atoms with Gasteiger partial charge in [-0.3, -0.25) is 0 Å². The summed E-state index contributed by atoms with van der Waals surface area (Å²) in [5.74, 6) is -0.173. The summed E-state index contributed by atoms with van der Waals surface area (Å²) in [4.78, 5) is 7.07. The fraction of sp³-hybridized carbons (Fsp3) is 0.438. The highest BCUT2D eigenvalue weighted by Crippen LogP contribution is 2.40. The smallest absolute Gasteiger partial charge is 0.134 e. The molecule has 0 saturated carbocycles. The molecule has 0 saturated heterocycles. The van der Waals surface area contributed by atoms with Gasteiger partial charge in [-0.05, 0) is 44.2 Å². The number of aromatic nitrogens is 1. The molecule has 1 N–H and O–H groups in total. The number of hydrogen-bond acceptors (Lipinski definition) is 4. The molecule has 2 nitrogen and oxygen atoms in total. The van der Waals surface area contributed by atoms with Crippen molar-refractivity contribution in [3.8, 4) is 10.6 Å². The molecule has 1 unspecified atom stereocenters. The van der Waals surface area contributed by atoms with Crippen LogP contribution in [0, 0.1) is 5.82 Å². The standard InChI is InChI=1S/C16H19FN2S2/c1-3-18-11-7-5-9-13-15(11)19-16(21-13)14-10(17)6-4-8-12(14)20-2/h4,6,8,11,18H,3,5,7,9H2,1-2H3. The third-order valence-corrected chi connectivity index (χ3v) is 5.74. The summed E-state index contributed by atoms with van der Waals surface area (Å²) in [6, 6.07) is 5.58. The van der Waals surface area contributed by atoms with Gasteiger partial charge >= 0.3 is 0 Å². The number of aryl methyl sites for hydroxylation is 1. The van der Waals surface area contributed by atoms with Crippen LogP contribution >= 0.6 is 23.1 Å². The van der Waals surface area contributed by atoms with Crippen LogP contribution in [-0.2, 0) is 6.42 Å². The maximum atomic E-state index is 14.3. The molecule has 21 heavy (non-hydrogen) atoms. The van der Waals surface area contributed by atoms with E-state index < -0.39 is 0 Å². The first kappa shape index (κ1) is 15.0. The topological polar surface area (TPSA) is 24.9 Å². The number of hydrogen-bond donors (Lipinski definition) is 1. The molecule has 1 aromatic carbocycles. The number of thiazole rings is 1. The first-order chi connectivity index (χ1) is 10.2. The molecule has 0 bridgehead atoms. The Balaban J connectivity index is 2.06. The Bertz CT molecular complexity index is 639. The van der Waals surface area contributed by atoms with Crippen molar-refractivity contribution >= 4 is 23.1 Å². The lowest BCUT2D eigenvalue weighted by Crippen LogP contribution is -2.24. The Kier molecular flexibility index (Phi) is 4.62. The highest BCUT2D eigenvalue weighted by Gasteiger charge is 2.25. The minimum absolute atomic E-state index is 0.173. The van der Waals surface area contributed by atoms with Gasteiger partial charge in [-0.25, -0.2) is 9.37 Å². The maximum Gasteiger partial charge on any atom is 0.134 e. The first-order valence-corrected chi connectivity index (χ1v) is 9.34. The van der Waals surface area contributed by atoms with E-state index in [0.717, 1.165) is 35.0 Å². The van der Waals surface area contributed by atoms with E-state index in [2.05, 4.69) is 12.2 Å². The molecule has 0 fully saturated rings. The molecule has 112 valence electrons. The van der Waals surface area contributed by atoms with E-state index in [4.69, 9.17) is 4.98 Å². The molecule has 1 atom stereocenters. The number of nitrogens with one attached hydrogen (secondary N) is 1. The quantitative estimate of drug-likeness (QED) is 0.829. The van der Waals surface area contributed by atoms with Crippen molar-refractivity contribution < 1.29 is 4.39 Å². The van der Waals surface area contributed by atoms with Crippen molar-refractivity contribution in [2.45, 2.75) is 37.1 Å². The van der Waals surface area contributed by atoms with Crippen LogP contribution in [0.15, 0.2) is 23.1 Å². The number of nitrogens with zero attached hydrogens (tertiary/aromatic N) is 1.